The van der Waals surface area contributed by atoms with E-state index >= 15 is 0 Å². The summed E-state index contributed by atoms with van der Waals surface area (Å²) in [6, 6.07) is 0. The summed E-state index contributed by atoms with van der Waals surface area (Å²) in [6.07, 6.45) is 0. The van der Waals surface area contributed by atoms with E-state index in [2.05, 4.69) is 39.3 Å². The Morgan fingerprint density at radius 1 is 0.706 bits per heavy atom. The van der Waals surface area contributed by atoms with E-state index < -0.39 is 16.6 Å². The molecule has 104 valence electrons. The fourth-order valence-electron chi connectivity index (χ4n) is 0.990. The van der Waals surface area contributed by atoms with Crippen molar-refractivity contribution in [1.29, 1.82) is 0 Å². The fourth-order valence-corrected chi connectivity index (χ4v) is 4.53. The minimum absolute atomic E-state index is 0.909. The quantitative estimate of drug-likeness (QED) is 0.343. The molecule has 0 spiro atoms. The number of thioether (sulfide) groups is 2. The molecule has 0 aromatic rings. The van der Waals surface area contributed by atoms with Crippen LogP contribution >= 0.6 is 23.5 Å². The molecule has 0 aliphatic rings. The molecule has 0 radical (unpaired) electrons. The van der Waals surface area contributed by atoms with Crippen molar-refractivity contribution in [2.24, 2.45) is 0 Å². The smallest absolute Gasteiger partial charge is 0.183 e. The molecule has 6 heteroatoms. The molecular formula is C11H28O2S2Si2. The SMILES string of the molecule is C[Si](C)(C)OCCSCSCCO[Si](C)(C)C. The molecule has 0 fully saturated rings. The first kappa shape index (κ1) is 18.1. The number of hydrogen-bond donors (Lipinski definition) is 0. The van der Waals surface area contributed by atoms with Crippen molar-refractivity contribution in [3.8, 4) is 0 Å². The average Bonchev–Trinajstić information content (AvgIpc) is 2.11. The molecule has 0 unspecified atom stereocenters. The summed E-state index contributed by atoms with van der Waals surface area (Å²) in [4.78, 5) is 0. The third kappa shape index (κ3) is 17.1. The maximum absolute atomic E-state index is 5.79. The molecule has 17 heavy (non-hydrogen) atoms. The van der Waals surface area contributed by atoms with Gasteiger partial charge in [-0.15, -0.1) is 23.5 Å². The predicted molar refractivity (Wildman–Crippen MR) is 88.4 cm³/mol. The summed E-state index contributed by atoms with van der Waals surface area (Å²) in [5.74, 6) is 2.23. The lowest BCUT2D eigenvalue weighted by Gasteiger charge is -2.17. The van der Waals surface area contributed by atoms with Crippen molar-refractivity contribution in [2.75, 3.05) is 29.8 Å². The van der Waals surface area contributed by atoms with E-state index in [4.69, 9.17) is 8.85 Å². The molecule has 0 aliphatic carbocycles. The van der Waals surface area contributed by atoms with Gasteiger partial charge < -0.3 is 8.85 Å². The molecule has 0 bridgehead atoms. The summed E-state index contributed by atoms with van der Waals surface area (Å²) < 4.78 is 11.6. The van der Waals surface area contributed by atoms with Crippen LogP contribution in [0.3, 0.4) is 0 Å². The maximum atomic E-state index is 5.79. The van der Waals surface area contributed by atoms with Crippen molar-refractivity contribution in [3.05, 3.63) is 0 Å². The van der Waals surface area contributed by atoms with Gasteiger partial charge in [-0.2, -0.15) is 0 Å². The van der Waals surface area contributed by atoms with Crippen molar-refractivity contribution < 1.29 is 8.85 Å². The summed E-state index contributed by atoms with van der Waals surface area (Å²) in [6.45, 7) is 15.2. The Bertz CT molecular complexity index is 171. The number of rotatable bonds is 10. The lowest BCUT2D eigenvalue weighted by molar-refractivity contribution is 0.338. The first-order valence-electron chi connectivity index (χ1n) is 6.14. The Labute approximate surface area is 118 Å². The third-order valence-corrected chi connectivity index (χ3v) is 6.08. The summed E-state index contributed by atoms with van der Waals surface area (Å²) in [5.41, 5.74) is 0. The van der Waals surface area contributed by atoms with E-state index in [0.717, 1.165) is 29.8 Å². The molecule has 0 saturated heterocycles. The van der Waals surface area contributed by atoms with Gasteiger partial charge in [-0.25, -0.2) is 0 Å². The van der Waals surface area contributed by atoms with Gasteiger partial charge in [0.2, 0.25) is 0 Å². The minimum atomic E-state index is -1.29. The molecule has 0 amide bonds. The van der Waals surface area contributed by atoms with Gasteiger partial charge in [-0.3, -0.25) is 0 Å². The Kier molecular flexibility index (Phi) is 9.60. The van der Waals surface area contributed by atoms with Crippen LogP contribution in [0.1, 0.15) is 0 Å². The van der Waals surface area contributed by atoms with Crippen LogP contribution in [0, 0.1) is 0 Å². The summed E-state index contributed by atoms with van der Waals surface area (Å²) >= 11 is 3.94. The van der Waals surface area contributed by atoms with Gasteiger partial charge in [0, 0.05) is 29.8 Å². The first-order chi connectivity index (χ1) is 7.71. The van der Waals surface area contributed by atoms with Gasteiger partial charge in [0.25, 0.3) is 0 Å². The van der Waals surface area contributed by atoms with Gasteiger partial charge in [-0.1, -0.05) is 0 Å². The minimum Gasteiger partial charge on any atom is -0.417 e. The van der Waals surface area contributed by atoms with Crippen LogP contribution in [-0.2, 0) is 8.85 Å². The molecule has 2 nitrogen and oxygen atoms in total. The topological polar surface area (TPSA) is 18.5 Å². The second-order valence-corrected chi connectivity index (χ2v) is 17.5. The summed E-state index contributed by atoms with van der Waals surface area (Å²) in [7, 11) is -2.59. The Balaban J connectivity index is 3.15. The normalized spacial score (nSPS) is 13.1. The Morgan fingerprint density at radius 2 is 1.06 bits per heavy atom. The maximum Gasteiger partial charge on any atom is 0.183 e. The van der Waals surface area contributed by atoms with E-state index in [1.54, 1.807) is 0 Å². The second-order valence-electron chi connectivity index (χ2n) is 5.86. The van der Waals surface area contributed by atoms with Crippen molar-refractivity contribution in [3.63, 3.8) is 0 Å². The molecule has 0 N–H and O–H groups in total. The van der Waals surface area contributed by atoms with Crippen LogP contribution in [0.25, 0.3) is 0 Å². The highest BCUT2D eigenvalue weighted by Crippen LogP contribution is 2.13. The Morgan fingerprint density at radius 3 is 1.35 bits per heavy atom. The number of hydrogen-bond acceptors (Lipinski definition) is 4. The first-order valence-corrected chi connectivity index (χ1v) is 15.3. The van der Waals surface area contributed by atoms with E-state index in [1.165, 1.54) is 0 Å². The largest absolute Gasteiger partial charge is 0.417 e. The highest BCUT2D eigenvalue weighted by Gasteiger charge is 2.13. The van der Waals surface area contributed by atoms with Crippen LogP contribution in [0.2, 0.25) is 39.3 Å². The van der Waals surface area contributed by atoms with Gasteiger partial charge in [0.05, 0.1) is 0 Å². The highest BCUT2D eigenvalue weighted by atomic mass is 32.2. The molecule has 0 aliphatic heterocycles. The zero-order chi connectivity index (χ0) is 13.4. The van der Waals surface area contributed by atoms with Gasteiger partial charge in [0.15, 0.2) is 16.6 Å². The average molecular weight is 313 g/mol. The van der Waals surface area contributed by atoms with Crippen molar-refractivity contribution >= 4 is 40.2 Å². The Hall–Kier alpha value is 1.05. The van der Waals surface area contributed by atoms with Crippen LogP contribution in [0.15, 0.2) is 0 Å². The molecule has 0 aromatic heterocycles. The fraction of sp³-hybridized carbons (Fsp3) is 1.00. The monoisotopic (exact) mass is 312 g/mol. The lowest BCUT2D eigenvalue weighted by Crippen LogP contribution is -2.26. The van der Waals surface area contributed by atoms with Crippen LogP contribution in [0.4, 0.5) is 0 Å². The zero-order valence-electron chi connectivity index (χ0n) is 12.2. The van der Waals surface area contributed by atoms with E-state index in [-0.39, 0.29) is 0 Å². The van der Waals surface area contributed by atoms with E-state index in [1.807, 2.05) is 23.5 Å². The molecule has 0 heterocycles. The molecule has 0 saturated carbocycles. The highest BCUT2D eigenvalue weighted by molar-refractivity contribution is 8.15. The predicted octanol–water partition coefficient (Wildman–Crippen LogP) is 4.11. The zero-order valence-corrected chi connectivity index (χ0v) is 15.8. The standard InChI is InChI=1S/C11H28O2S2Si2/c1-16(2,3)12-7-9-14-11-15-10-8-13-17(4,5)6/h7-11H2,1-6H3. The van der Waals surface area contributed by atoms with Gasteiger partial charge >= 0.3 is 0 Å². The van der Waals surface area contributed by atoms with Gasteiger partial charge in [0.1, 0.15) is 0 Å². The van der Waals surface area contributed by atoms with Gasteiger partial charge in [-0.05, 0) is 39.3 Å². The molecule has 0 rings (SSSR count). The summed E-state index contributed by atoms with van der Waals surface area (Å²) in [5, 5.41) is 1.16. The van der Waals surface area contributed by atoms with Crippen molar-refractivity contribution in [2.45, 2.75) is 39.3 Å². The lowest BCUT2D eigenvalue weighted by atomic mass is 10.9. The van der Waals surface area contributed by atoms with Crippen LogP contribution < -0.4 is 0 Å². The molecule has 0 atom stereocenters. The molecule has 0 aromatic carbocycles. The third-order valence-electron chi connectivity index (χ3n) is 1.69. The molecular weight excluding hydrogens is 284 g/mol. The van der Waals surface area contributed by atoms with E-state index in [9.17, 15) is 0 Å². The van der Waals surface area contributed by atoms with Crippen LogP contribution in [-0.4, -0.2) is 46.4 Å². The van der Waals surface area contributed by atoms with E-state index in [0.29, 0.717) is 0 Å². The van der Waals surface area contributed by atoms with Crippen LogP contribution in [0.5, 0.6) is 0 Å². The van der Waals surface area contributed by atoms with Crippen molar-refractivity contribution in [1.82, 2.24) is 0 Å². The second kappa shape index (κ2) is 9.04.